The van der Waals surface area contributed by atoms with Crippen molar-refractivity contribution in [2.24, 2.45) is 0 Å². The first-order valence-corrected chi connectivity index (χ1v) is 16.2. The van der Waals surface area contributed by atoms with Gasteiger partial charge in [0, 0.05) is 34.5 Å². The van der Waals surface area contributed by atoms with E-state index in [0.29, 0.717) is 11.1 Å². The van der Waals surface area contributed by atoms with Crippen molar-refractivity contribution >= 4 is 38.9 Å². The second-order valence-electron chi connectivity index (χ2n) is 12.6. The van der Waals surface area contributed by atoms with E-state index in [1.807, 2.05) is 36.7 Å². The maximum absolute atomic E-state index is 10.1. The molecule has 2 aliphatic rings. The number of anilines is 3. The largest absolute Gasteiger partial charge is 0.310 e. The summed E-state index contributed by atoms with van der Waals surface area (Å²) in [6, 6.07) is 53.2. The number of rotatable bonds is 2. The van der Waals surface area contributed by atoms with Crippen LogP contribution in [0.15, 0.2) is 152 Å². The van der Waals surface area contributed by atoms with E-state index in [2.05, 4.69) is 142 Å². The van der Waals surface area contributed by atoms with Crippen LogP contribution < -0.4 is 4.90 Å². The summed E-state index contributed by atoms with van der Waals surface area (Å²) in [7, 11) is 0. The molecule has 3 heterocycles. The Morgan fingerprint density at radius 1 is 0.510 bits per heavy atom. The molecule has 0 saturated carbocycles. The Balaban J connectivity index is 1.27. The average Bonchev–Trinajstić information content (AvgIpc) is 3.65. The molecular weight excluding hydrogens is 599 g/mol. The summed E-state index contributed by atoms with van der Waals surface area (Å²) in [5.41, 5.74) is 13.4. The molecule has 0 N–H and O–H groups in total. The SMILES string of the molecule is N#Cc1ccc2c(c1)C1(c3cc(C#N)ccc3-2)c2ccccc2N(c2cccc(-n3c4ccccc4c4cnccc43)c2)c2ccccc21. The Hall–Kier alpha value is -6.95. The molecule has 8 aromatic rings. The summed E-state index contributed by atoms with van der Waals surface area (Å²) in [6.45, 7) is 0. The van der Waals surface area contributed by atoms with Gasteiger partial charge in [0.05, 0.1) is 51.1 Å². The second kappa shape index (κ2) is 10.0. The van der Waals surface area contributed by atoms with E-state index in [9.17, 15) is 10.5 Å². The fourth-order valence-corrected chi connectivity index (χ4v) is 8.43. The number of aromatic nitrogens is 2. The van der Waals surface area contributed by atoms with Crippen molar-refractivity contribution in [3.63, 3.8) is 0 Å². The number of hydrogen-bond acceptors (Lipinski definition) is 4. The highest BCUT2D eigenvalue weighted by Crippen LogP contribution is 2.63. The number of nitrogens with zero attached hydrogens (tertiary/aromatic N) is 5. The summed E-state index contributed by atoms with van der Waals surface area (Å²) >= 11 is 0. The van der Waals surface area contributed by atoms with Crippen molar-refractivity contribution in [3.8, 4) is 29.0 Å². The number of hydrogen-bond donors (Lipinski definition) is 0. The van der Waals surface area contributed by atoms with Crippen LogP contribution in [0.4, 0.5) is 17.1 Å². The fourth-order valence-electron chi connectivity index (χ4n) is 8.43. The fraction of sp³-hybridized carbons (Fsp3) is 0.0227. The molecule has 2 aromatic heterocycles. The molecular formula is C44H25N5. The van der Waals surface area contributed by atoms with Gasteiger partial charge in [-0.25, -0.2) is 0 Å². The minimum atomic E-state index is -0.731. The molecule has 0 saturated heterocycles. The minimum absolute atomic E-state index is 0.609. The Labute approximate surface area is 282 Å². The third-order valence-corrected chi connectivity index (χ3v) is 10.3. The molecule has 1 aliphatic heterocycles. The van der Waals surface area contributed by atoms with Crippen LogP contribution in [0.2, 0.25) is 0 Å². The third-order valence-electron chi connectivity index (χ3n) is 10.3. The molecule has 0 radical (unpaired) electrons. The summed E-state index contributed by atoms with van der Waals surface area (Å²) in [4.78, 5) is 6.80. The number of pyridine rings is 1. The Morgan fingerprint density at radius 3 is 1.78 bits per heavy atom. The van der Waals surface area contributed by atoms with Gasteiger partial charge in [-0.3, -0.25) is 4.98 Å². The zero-order chi connectivity index (χ0) is 32.7. The lowest BCUT2D eigenvalue weighted by molar-refractivity contribution is 0.752. The van der Waals surface area contributed by atoms with E-state index in [1.54, 1.807) is 0 Å². The van der Waals surface area contributed by atoms with E-state index in [4.69, 9.17) is 0 Å². The van der Waals surface area contributed by atoms with Gasteiger partial charge in [0.1, 0.15) is 0 Å². The van der Waals surface area contributed by atoms with E-state index in [0.717, 1.165) is 72.5 Å². The van der Waals surface area contributed by atoms with Crippen molar-refractivity contribution in [3.05, 3.63) is 185 Å². The first-order chi connectivity index (χ1) is 24.2. The number of fused-ring (bicyclic) bond motifs is 12. The van der Waals surface area contributed by atoms with Crippen LogP contribution in [0.5, 0.6) is 0 Å². The summed E-state index contributed by atoms with van der Waals surface area (Å²) in [5, 5.41) is 22.4. The van der Waals surface area contributed by atoms with Crippen LogP contribution in [0.3, 0.4) is 0 Å². The summed E-state index contributed by atoms with van der Waals surface area (Å²) < 4.78 is 2.31. The predicted octanol–water partition coefficient (Wildman–Crippen LogP) is 10.1. The lowest BCUT2D eigenvalue weighted by atomic mass is 9.64. The van der Waals surface area contributed by atoms with Crippen LogP contribution in [-0.4, -0.2) is 9.55 Å². The lowest BCUT2D eigenvalue weighted by Crippen LogP contribution is -2.36. The van der Waals surface area contributed by atoms with Crippen LogP contribution in [0.1, 0.15) is 33.4 Å². The Bertz CT molecular complexity index is 2610. The second-order valence-corrected chi connectivity index (χ2v) is 12.6. The summed E-state index contributed by atoms with van der Waals surface area (Å²) in [5.74, 6) is 0. The van der Waals surface area contributed by atoms with E-state index in [1.165, 1.54) is 5.39 Å². The number of benzene rings is 6. The zero-order valence-electron chi connectivity index (χ0n) is 26.2. The van der Waals surface area contributed by atoms with E-state index >= 15 is 0 Å². The maximum Gasteiger partial charge on any atom is 0.0991 e. The standard InChI is InChI=1S/C44H25N5/c45-25-28-16-18-32-33-19-17-29(26-46)23-39(33)44(38(32)22-28)36-11-2-5-14-42(36)49(43-15-6-3-12-37(43)44)31-9-7-8-30(24-31)48-40-13-4-1-10-34(40)35-27-47-21-20-41(35)48/h1-24,27H. The summed E-state index contributed by atoms with van der Waals surface area (Å²) in [6.07, 6.45) is 3.80. The molecule has 10 rings (SSSR count). The Morgan fingerprint density at radius 2 is 1.10 bits per heavy atom. The molecule has 0 amide bonds. The van der Waals surface area contributed by atoms with Crippen LogP contribution >= 0.6 is 0 Å². The molecule has 0 atom stereocenters. The average molecular weight is 624 g/mol. The predicted molar refractivity (Wildman–Crippen MR) is 194 cm³/mol. The van der Waals surface area contributed by atoms with Crippen LogP contribution in [0, 0.1) is 22.7 Å². The monoisotopic (exact) mass is 623 g/mol. The third kappa shape index (κ3) is 3.54. The lowest BCUT2D eigenvalue weighted by Gasteiger charge is -2.45. The topological polar surface area (TPSA) is 68.6 Å². The van der Waals surface area contributed by atoms with Crippen molar-refractivity contribution < 1.29 is 0 Å². The molecule has 0 fully saturated rings. The first-order valence-electron chi connectivity index (χ1n) is 16.2. The molecule has 49 heavy (non-hydrogen) atoms. The van der Waals surface area contributed by atoms with Crippen LogP contribution in [-0.2, 0) is 5.41 Å². The van der Waals surface area contributed by atoms with E-state index < -0.39 is 5.41 Å². The minimum Gasteiger partial charge on any atom is -0.310 e. The molecule has 1 spiro atoms. The Kier molecular flexibility index (Phi) is 5.56. The molecule has 0 bridgehead atoms. The van der Waals surface area contributed by atoms with Gasteiger partial charge < -0.3 is 9.47 Å². The molecule has 0 unspecified atom stereocenters. The van der Waals surface area contributed by atoms with Crippen molar-refractivity contribution in [2.75, 3.05) is 4.90 Å². The van der Waals surface area contributed by atoms with Gasteiger partial charge in [-0.05, 0) is 100 Å². The van der Waals surface area contributed by atoms with Crippen molar-refractivity contribution in [1.29, 1.82) is 10.5 Å². The molecule has 5 heteroatoms. The highest BCUT2D eigenvalue weighted by Gasteiger charge is 2.52. The molecule has 6 aromatic carbocycles. The van der Waals surface area contributed by atoms with E-state index in [-0.39, 0.29) is 0 Å². The van der Waals surface area contributed by atoms with Gasteiger partial charge in [0.15, 0.2) is 0 Å². The van der Waals surface area contributed by atoms with Gasteiger partial charge in [0.25, 0.3) is 0 Å². The smallest absolute Gasteiger partial charge is 0.0991 e. The molecule has 5 nitrogen and oxygen atoms in total. The van der Waals surface area contributed by atoms with Crippen molar-refractivity contribution in [1.82, 2.24) is 9.55 Å². The number of nitriles is 2. The molecule has 1 aliphatic carbocycles. The maximum atomic E-state index is 10.1. The van der Waals surface area contributed by atoms with Gasteiger partial charge >= 0.3 is 0 Å². The van der Waals surface area contributed by atoms with Gasteiger partial charge in [0.2, 0.25) is 0 Å². The van der Waals surface area contributed by atoms with Crippen molar-refractivity contribution in [2.45, 2.75) is 5.41 Å². The highest BCUT2D eigenvalue weighted by atomic mass is 15.2. The van der Waals surface area contributed by atoms with Gasteiger partial charge in [-0.1, -0.05) is 72.8 Å². The quantitative estimate of drug-likeness (QED) is 0.192. The number of para-hydroxylation sites is 3. The zero-order valence-corrected chi connectivity index (χ0v) is 26.2. The highest BCUT2D eigenvalue weighted by molar-refractivity contribution is 6.09. The van der Waals surface area contributed by atoms with Gasteiger partial charge in [-0.15, -0.1) is 0 Å². The van der Waals surface area contributed by atoms with Crippen LogP contribution in [0.25, 0.3) is 38.6 Å². The first kappa shape index (κ1) is 27.2. The molecule has 226 valence electrons. The normalized spacial score (nSPS) is 13.4. The van der Waals surface area contributed by atoms with Gasteiger partial charge in [-0.2, -0.15) is 10.5 Å².